The van der Waals surface area contributed by atoms with E-state index in [0.717, 1.165) is 19.1 Å². The van der Waals surface area contributed by atoms with Gasteiger partial charge in [-0.3, -0.25) is 4.79 Å². The van der Waals surface area contributed by atoms with E-state index in [4.69, 9.17) is 9.47 Å². The fraction of sp³-hybridized carbons (Fsp3) is 0.533. The maximum atomic E-state index is 10.7. The molecule has 0 aliphatic rings. The van der Waals surface area contributed by atoms with Crippen molar-refractivity contribution < 1.29 is 14.3 Å². The molecular weight excluding hydrogens is 228 g/mol. The van der Waals surface area contributed by atoms with Gasteiger partial charge in [-0.15, -0.1) is 0 Å². The summed E-state index contributed by atoms with van der Waals surface area (Å²) in [5.74, 6) is 2.05. The van der Waals surface area contributed by atoms with Crippen molar-refractivity contribution in [3.63, 3.8) is 0 Å². The molecule has 3 heteroatoms. The van der Waals surface area contributed by atoms with Crippen LogP contribution in [0.3, 0.4) is 0 Å². The number of carbonyl (C=O) groups is 1. The summed E-state index contributed by atoms with van der Waals surface area (Å²) in [6.45, 7) is 7.55. The summed E-state index contributed by atoms with van der Waals surface area (Å²) in [4.78, 5) is 10.7. The summed E-state index contributed by atoms with van der Waals surface area (Å²) in [6, 6.07) is 5.26. The second kappa shape index (κ2) is 7.75. The molecule has 0 fully saturated rings. The van der Waals surface area contributed by atoms with Gasteiger partial charge in [0.2, 0.25) is 0 Å². The molecule has 0 radical (unpaired) electrons. The Bertz CT molecular complexity index is 372. The standard InChI is InChI=1S/C15H22O3/c1-4-17-15-10-13(11-16)7-8-14(15)18-9-5-6-12(2)3/h7-8,10-12H,4-6,9H2,1-3H3. The van der Waals surface area contributed by atoms with E-state index in [0.29, 0.717) is 36.2 Å². The van der Waals surface area contributed by atoms with E-state index in [1.54, 1.807) is 18.2 Å². The molecular formula is C15H22O3. The molecule has 1 aromatic rings. The molecule has 18 heavy (non-hydrogen) atoms. The van der Waals surface area contributed by atoms with E-state index in [9.17, 15) is 4.79 Å². The molecule has 1 rings (SSSR count). The van der Waals surface area contributed by atoms with Gasteiger partial charge >= 0.3 is 0 Å². The second-order valence-electron chi connectivity index (χ2n) is 4.64. The molecule has 0 N–H and O–H groups in total. The molecule has 0 unspecified atom stereocenters. The van der Waals surface area contributed by atoms with Crippen molar-refractivity contribution in [3.8, 4) is 11.5 Å². The zero-order valence-electron chi connectivity index (χ0n) is 11.4. The van der Waals surface area contributed by atoms with Crippen molar-refractivity contribution in [3.05, 3.63) is 23.8 Å². The van der Waals surface area contributed by atoms with Crippen LogP contribution in [0.1, 0.15) is 44.0 Å². The Morgan fingerprint density at radius 3 is 2.61 bits per heavy atom. The fourth-order valence-electron chi connectivity index (χ4n) is 1.66. The average molecular weight is 250 g/mol. The molecule has 1 aromatic carbocycles. The number of aldehydes is 1. The Labute approximate surface area is 109 Å². The summed E-state index contributed by atoms with van der Waals surface area (Å²) in [7, 11) is 0. The molecule has 0 aliphatic carbocycles. The Morgan fingerprint density at radius 1 is 1.22 bits per heavy atom. The highest BCUT2D eigenvalue weighted by Crippen LogP contribution is 2.28. The van der Waals surface area contributed by atoms with Gasteiger partial charge in [-0.05, 0) is 43.9 Å². The van der Waals surface area contributed by atoms with Crippen molar-refractivity contribution in [2.45, 2.75) is 33.6 Å². The van der Waals surface area contributed by atoms with Crippen LogP contribution in [0.25, 0.3) is 0 Å². The molecule has 0 atom stereocenters. The lowest BCUT2D eigenvalue weighted by molar-refractivity contribution is 0.112. The number of rotatable bonds is 8. The predicted octanol–water partition coefficient (Wildman–Crippen LogP) is 3.71. The van der Waals surface area contributed by atoms with Crippen molar-refractivity contribution >= 4 is 6.29 Å². The molecule has 100 valence electrons. The topological polar surface area (TPSA) is 35.5 Å². The van der Waals surface area contributed by atoms with Gasteiger partial charge in [-0.25, -0.2) is 0 Å². The van der Waals surface area contributed by atoms with Gasteiger partial charge in [0, 0.05) is 5.56 Å². The van der Waals surface area contributed by atoms with E-state index in [2.05, 4.69) is 13.8 Å². The van der Waals surface area contributed by atoms with E-state index in [1.165, 1.54) is 0 Å². The number of ether oxygens (including phenoxy) is 2. The lowest BCUT2D eigenvalue weighted by atomic mass is 10.1. The smallest absolute Gasteiger partial charge is 0.161 e. The van der Waals surface area contributed by atoms with E-state index in [-0.39, 0.29) is 0 Å². The molecule has 0 bridgehead atoms. The highest BCUT2D eigenvalue weighted by molar-refractivity contribution is 5.76. The molecule has 0 heterocycles. The molecule has 0 aliphatic heterocycles. The Hall–Kier alpha value is -1.51. The zero-order chi connectivity index (χ0) is 13.4. The summed E-state index contributed by atoms with van der Waals surface area (Å²) < 4.78 is 11.2. The fourth-order valence-corrected chi connectivity index (χ4v) is 1.66. The van der Waals surface area contributed by atoms with Crippen LogP contribution < -0.4 is 9.47 Å². The third kappa shape index (κ3) is 4.78. The van der Waals surface area contributed by atoms with Crippen LogP contribution in [0.15, 0.2) is 18.2 Å². The monoisotopic (exact) mass is 250 g/mol. The van der Waals surface area contributed by atoms with Gasteiger partial charge in [0.05, 0.1) is 13.2 Å². The van der Waals surface area contributed by atoms with E-state index in [1.807, 2.05) is 6.92 Å². The highest BCUT2D eigenvalue weighted by Gasteiger charge is 2.06. The second-order valence-corrected chi connectivity index (χ2v) is 4.64. The van der Waals surface area contributed by atoms with Crippen LogP contribution in [-0.2, 0) is 0 Å². The van der Waals surface area contributed by atoms with Gasteiger partial charge in [-0.1, -0.05) is 13.8 Å². The minimum absolute atomic E-state index is 0.560. The van der Waals surface area contributed by atoms with Crippen LogP contribution in [0, 0.1) is 5.92 Å². The largest absolute Gasteiger partial charge is 0.490 e. The Balaban J connectivity index is 2.60. The van der Waals surface area contributed by atoms with Gasteiger partial charge in [0.1, 0.15) is 6.29 Å². The third-order valence-electron chi connectivity index (χ3n) is 2.59. The molecule has 0 amide bonds. The number of carbonyl (C=O) groups excluding carboxylic acids is 1. The van der Waals surface area contributed by atoms with Crippen LogP contribution in [0.5, 0.6) is 11.5 Å². The van der Waals surface area contributed by atoms with Crippen LogP contribution in [-0.4, -0.2) is 19.5 Å². The van der Waals surface area contributed by atoms with Gasteiger partial charge in [-0.2, -0.15) is 0 Å². The summed E-state index contributed by atoms with van der Waals surface area (Å²) in [5, 5.41) is 0. The van der Waals surface area contributed by atoms with Crippen molar-refractivity contribution in [1.29, 1.82) is 0 Å². The minimum atomic E-state index is 0.560. The normalized spacial score (nSPS) is 10.4. The van der Waals surface area contributed by atoms with Gasteiger partial charge in [0.15, 0.2) is 11.5 Å². The lowest BCUT2D eigenvalue weighted by Crippen LogP contribution is -2.02. The molecule has 0 saturated carbocycles. The molecule has 3 nitrogen and oxygen atoms in total. The maximum Gasteiger partial charge on any atom is 0.161 e. The first-order valence-corrected chi connectivity index (χ1v) is 6.52. The lowest BCUT2D eigenvalue weighted by Gasteiger charge is -2.12. The zero-order valence-corrected chi connectivity index (χ0v) is 11.4. The first-order chi connectivity index (χ1) is 8.67. The van der Waals surface area contributed by atoms with Crippen LogP contribution in [0.2, 0.25) is 0 Å². The quantitative estimate of drug-likeness (QED) is 0.521. The number of hydrogen-bond acceptors (Lipinski definition) is 3. The summed E-state index contributed by atoms with van der Waals surface area (Å²) in [5.41, 5.74) is 0.605. The first-order valence-electron chi connectivity index (χ1n) is 6.52. The van der Waals surface area contributed by atoms with Gasteiger partial charge < -0.3 is 9.47 Å². The van der Waals surface area contributed by atoms with Crippen LogP contribution in [0.4, 0.5) is 0 Å². The average Bonchev–Trinajstić information content (AvgIpc) is 2.36. The Morgan fingerprint density at radius 2 is 2.00 bits per heavy atom. The summed E-state index contributed by atoms with van der Waals surface area (Å²) >= 11 is 0. The molecule has 0 saturated heterocycles. The van der Waals surface area contributed by atoms with Gasteiger partial charge in [0.25, 0.3) is 0 Å². The minimum Gasteiger partial charge on any atom is -0.490 e. The molecule has 0 aromatic heterocycles. The third-order valence-corrected chi connectivity index (χ3v) is 2.59. The van der Waals surface area contributed by atoms with Crippen molar-refractivity contribution in [2.24, 2.45) is 5.92 Å². The first kappa shape index (κ1) is 14.6. The number of hydrogen-bond donors (Lipinski definition) is 0. The highest BCUT2D eigenvalue weighted by atomic mass is 16.5. The van der Waals surface area contributed by atoms with Crippen molar-refractivity contribution in [2.75, 3.05) is 13.2 Å². The SMILES string of the molecule is CCOc1cc(C=O)ccc1OCCCC(C)C. The summed E-state index contributed by atoms with van der Waals surface area (Å²) in [6.07, 6.45) is 2.99. The van der Waals surface area contributed by atoms with E-state index < -0.39 is 0 Å². The van der Waals surface area contributed by atoms with Crippen LogP contribution >= 0.6 is 0 Å². The number of benzene rings is 1. The van der Waals surface area contributed by atoms with Crippen molar-refractivity contribution in [1.82, 2.24) is 0 Å². The molecule has 0 spiro atoms. The maximum absolute atomic E-state index is 10.7. The predicted molar refractivity (Wildman–Crippen MR) is 72.6 cm³/mol. The Kier molecular flexibility index (Phi) is 6.26. The van der Waals surface area contributed by atoms with E-state index >= 15 is 0 Å².